The lowest BCUT2D eigenvalue weighted by Crippen LogP contribution is -2.43. The molecule has 0 amide bonds. The van der Waals surface area contributed by atoms with E-state index in [2.05, 4.69) is 40.7 Å². The first-order valence-electron chi connectivity index (χ1n) is 9.50. The van der Waals surface area contributed by atoms with Gasteiger partial charge >= 0.3 is 0 Å². The standard InChI is InChI=1S/C19H26N4OS2/c1-13-4-2-3-5-15(13)21-18(25)20-14-6-7-16-17(12-14)26-19(22-16)23-8-10-24-11-9-23/h6-7,12-13,15H,2-5,8-11H2,1H3,(H2,20,21,25)/t13-,15-/m0/s1. The summed E-state index contributed by atoms with van der Waals surface area (Å²) in [6.45, 7) is 5.71. The van der Waals surface area contributed by atoms with Gasteiger partial charge < -0.3 is 20.3 Å². The maximum Gasteiger partial charge on any atom is 0.186 e. The molecule has 0 radical (unpaired) electrons. The van der Waals surface area contributed by atoms with Crippen molar-refractivity contribution in [3.8, 4) is 0 Å². The Morgan fingerprint density at radius 2 is 2.08 bits per heavy atom. The molecule has 1 saturated heterocycles. The van der Waals surface area contributed by atoms with Crippen LogP contribution in [-0.2, 0) is 4.74 Å². The number of benzene rings is 1. The number of hydrogen-bond acceptors (Lipinski definition) is 5. The number of hydrogen-bond donors (Lipinski definition) is 2. The summed E-state index contributed by atoms with van der Waals surface area (Å²) >= 11 is 7.28. The monoisotopic (exact) mass is 390 g/mol. The van der Waals surface area contributed by atoms with E-state index in [1.165, 1.54) is 30.4 Å². The summed E-state index contributed by atoms with van der Waals surface area (Å²) in [6.07, 6.45) is 5.13. The molecule has 1 saturated carbocycles. The summed E-state index contributed by atoms with van der Waals surface area (Å²) in [5.74, 6) is 0.684. The molecule has 26 heavy (non-hydrogen) atoms. The average Bonchev–Trinajstić information content (AvgIpc) is 3.08. The number of rotatable bonds is 3. The van der Waals surface area contributed by atoms with E-state index in [1.807, 2.05) is 0 Å². The van der Waals surface area contributed by atoms with Gasteiger partial charge in [0.15, 0.2) is 10.2 Å². The fourth-order valence-corrected chi connectivity index (χ4v) is 5.07. The molecule has 2 aliphatic rings. The number of thiazole rings is 1. The zero-order valence-electron chi connectivity index (χ0n) is 15.2. The summed E-state index contributed by atoms with van der Waals surface area (Å²) in [7, 11) is 0. The van der Waals surface area contributed by atoms with Crippen LogP contribution in [0.15, 0.2) is 18.2 Å². The first-order valence-corrected chi connectivity index (χ1v) is 10.7. The fraction of sp³-hybridized carbons (Fsp3) is 0.579. The molecule has 1 aliphatic carbocycles. The largest absolute Gasteiger partial charge is 0.378 e. The van der Waals surface area contributed by atoms with Crippen molar-refractivity contribution in [1.82, 2.24) is 10.3 Å². The Labute approximate surface area is 164 Å². The zero-order chi connectivity index (χ0) is 17.9. The summed E-state index contributed by atoms with van der Waals surface area (Å²) in [6, 6.07) is 6.77. The molecular weight excluding hydrogens is 364 g/mol. The van der Waals surface area contributed by atoms with Crippen molar-refractivity contribution in [2.24, 2.45) is 5.92 Å². The molecule has 1 aromatic heterocycles. The molecule has 2 heterocycles. The minimum absolute atomic E-state index is 0.490. The predicted octanol–water partition coefficient (Wildman–Crippen LogP) is 4.00. The van der Waals surface area contributed by atoms with Crippen molar-refractivity contribution in [3.05, 3.63) is 18.2 Å². The number of morpholine rings is 1. The topological polar surface area (TPSA) is 49.4 Å². The van der Waals surface area contributed by atoms with Gasteiger partial charge in [-0.25, -0.2) is 4.98 Å². The normalized spacial score (nSPS) is 23.8. The van der Waals surface area contributed by atoms with Gasteiger partial charge in [-0.05, 0) is 49.2 Å². The smallest absolute Gasteiger partial charge is 0.186 e. The fourth-order valence-electron chi connectivity index (χ4n) is 3.75. The molecule has 5 nitrogen and oxygen atoms in total. The average molecular weight is 391 g/mol. The van der Waals surface area contributed by atoms with Crippen LogP contribution in [0.1, 0.15) is 32.6 Å². The maximum absolute atomic E-state index is 5.54. The van der Waals surface area contributed by atoms with Gasteiger partial charge in [0.25, 0.3) is 0 Å². The third-order valence-corrected chi connectivity index (χ3v) is 6.64. The lowest BCUT2D eigenvalue weighted by molar-refractivity contribution is 0.122. The molecule has 140 valence electrons. The van der Waals surface area contributed by atoms with Crippen LogP contribution in [0.5, 0.6) is 0 Å². The van der Waals surface area contributed by atoms with E-state index < -0.39 is 0 Å². The third-order valence-electron chi connectivity index (χ3n) is 5.34. The maximum atomic E-state index is 5.54. The number of ether oxygens (including phenoxy) is 1. The predicted molar refractivity (Wildman–Crippen MR) is 113 cm³/mol. The first kappa shape index (κ1) is 17.9. The van der Waals surface area contributed by atoms with Crippen molar-refractivity contribution < 1.29 is 4.74 Å². The third kappa shape index (κ3) is 4.10. The lowest BCUT2D eigenvalue weighted by atomic mass is 9.86. The molecule has 0 unspecified atom stereocenters. The Morgan fingerprint density at radius 1 is 1.27 bits per heavy atom. The van der Waals surface area contributed by atoms with Gasteiger partial charge in [0.2, 0.25) is 0 Å². The number of anilines is 2. The molecular formula is C19H26N4OS2. The molecule has 0 spiro atoms. The molecule has 2 fully saturated rings. The SMILES string of the molecule is C[C@H]1CCCC[C@@H]1NC(=S)Nc1ccc2nc(N3CCOCC3)sc2c1. The van der Waals surface area contributed by atoms with Gasteiger partial charge in [-0.2, -0.15) is 0 Å². The number of nitrogens with one attached hydrogen (secondary N) is 2. The van der Waals surface area contributed by atoms with E-state index in [1.54, 1.807) is 11.3 Å². The molecule has 7 heteroatoms. The molecule has 0 bridgehead atoms. The summed E-state index contributed by atoms with van der Waals surface area (Å²) < 4.78 is 6.62. The Kier molecular flexibility index (Phi) is 5.57. The van der Waals surface area contributed by atoms with Crippen LogP contribution in [-0.4, -0.2) is 42.4 Å². The van der Waals surface area contributed by atoms with E-state index in [4.69, 9.17) is 21.9 Å². The molecule has 2 aromatic rings. The van der Waals surface area contributed by atoms with Crippen molar-refractivity contribution in [1.29, 1.82) is 0 Å². The van der Waals surface area contributed by atoms with Gasteiger partial charge in [-0.3, -0.25) is 0 Å². The number of nitrogens with zero attached hydrogens (tertiary/aromatic N) is 2. The van der Waals surface area contributed by atoms with E-state index >= 15 is 0 Å². The molecule has 2 atom stereocenters. The van der Waals surface area contributed by atoms with E-state index in [0.717, 1.165) is 47.8 Å². The molecule has 4 rings (SSSR count). The summed E-state index contributed by atoms with van der Waals surface area (Å²) in [5, 5.41) is 8.67. The highest BCUT2D eigenvalue weighted by Crippen LogP contribution is 2.31. The lowest BCUT2D eigenvalue weighted by Gasteiger charge is -2.30. The second-order valence-electron chi connectivity index (χ2n) is 7.25. The Hall–Kier alpha value is -1.44. The van der Waals surface area contributed by atoms with Crippen LogP contribution in [0.25, 0.3) is 10.2 Å². The van der Waals surface area contributed by atoms with Crippen LogP contribution >= 0.6 is 23.6 Å². The highest BCUT2D eigenvalue weighted by molar-refractivity contribution is 7.80. The Morgan fingerprint density at radius 3 is 2.88 bits per heavy atom. The molecule has 2 N–H and O–H groups in total. The van der Waals surface area contributed by atoms with Crippen LogP contribution in [0.4, 0.5) is 10.8 Å². The second kappa shape index (κ2) is 8.06. The van der Waals surface area contributed by atoms with Crippen molar-refractivity contribution in [2.75, 3.05) is 36.5 Å². The van der Waals surface area contributed by atoms with Crippen LogP contribution in [0.3, 0.4) is 0 Å². The van der Waals surface area contributed by atoms with Gasteiger partial charge in [0.1, 0.15) is 0 Å². The van der Waals surface area contributed by atoms with Crippen molar-refractivity contribution in [2.45, 2.75) is 38.6 Å². The highest BCUT2D eigenvalue weighted by Gasteiger charge is 2.21. The highest BCUT2D eigenvalue weighted by atomic mass is 32.1. The van der Waals surface area contributed by atoms with Crippen molar-refractivity contribution >= 4 is 49.7 Å². The Bertz CT molecular complexity index is 772. The summed E-state index contributed by atoms with van der Waals surface area (Å²) in [4.78, 5) is 7.08. The van der Waals surface area contributed by atoms with Gasteiger partial charge in [-0.1, -0.05) is 31.1 Å². The Balaban J connectivity index is 1.42. The minimum Gasteiger partial charge on any atom is -0.378 e. The van der Waals surface area contributed by atoms with E-state index in [0.29, 0.717) is 12.0 Å². The molecule has 1 aliphatic heterocycles. The second-order valence-corrected chi connectivity index (χ2v) is 8.66. The first-order chi connectivity index (χ1) is 12.7. The van der Waals surface area contributed by atoms with Gasteiger partial charge in [0, 0.05) is 24.8 Å². The molecule has 1 aromatic carbocycles. The van der Waals surface area contributed by atoms with E-state index in [9.17, 15) is 0 Å². The number of fused-ring (bicyclic) bond motifs is 1. The van der Waals surface area contributed by atoms with Gasteiger partial charge in [-0.15, -0.1) is 0 Å². The van der Waals surface area contributed by atoms with Crippen LogP contribution < -0.4 is 15.5 Å². The zero-order valence-corrected chi connectivity index (χ0v) is 16.8. The number of aromatic nitrogens is 1. The summed E-state index contributed by atoms with van der Waals surface area (Å²) in [5.41, 5.74) is 2.07. The number of thiocarbonyl (C=S) groups is 1. The van der Waals surface area contributed by atoms with Gasteiger partial charge in [0.05, 0.1) is 23.4 Å². The quantitative estimate of drug-likeness (QED) is 0.773. The van der Waals surface area contributed by atoms with E-state index in [-0.39, 0.29) is 0 Å². The van der Waals surface area contributed by atoms with Crippen molar-refractivity contribution in [3.63, 3.8) is 0 Å². The van der Waals surface area contributed by atoms with Crippen LogP contribution in [0, 0.1) is 5.92 Å². The minimum atomic E-state index is 0.490. The van der Waals surface area contributed by atoms with Crippen LogP contribution in [0.2, 0.25) is 0 Å².